The van der Waals surface area contributed by atoms with Crippen molar-refractivity contribution in [2.75, 3.05) is 77.5 Å². The zero-order valence-corrected chi connectivity index (χ0v) is 22.1. The molecule has 0 amide bonds. The van der Waals surface area contributed by atoms with Gasteiger partial charge in [-0.3, -0.25) is 0 Å². The summed E-state index contributed by atoms with van der Waals surface area (Å²) in [6, 6.07) is 9.41. The van der Waals surface area contributed by atoms with Crippen LogP contribution in [0, 0.1) is 0 Å². The van der Waals surface area contributed by atoms with Crippen LogP contribution in [0.5, 0.6) is 0 Å². The molecule has 0 fully saturated rings. The molecule has 0 aromatic heterocycles. The summed E-state index contributed by atoms with van der Waals surface area (Å²) in [5.41, 5.74) is 0. The van der Waals surface area contributed by atoms with Gasteiger partial charge in [-0.05, 0) is 39.4 Å². The minimum absolute atomic E-state index is 0.611. The van der Waals surface area contributed by atoms with Crippen LogP contribution in [-0.4, -0.2) is 89.1 Å². The molecule has 1 heterocycles. The van der Waals surface area contributed by atoms with Crippen LogP contribution in [-0.2, 0) is 0 Å². The van der Waals surface area contributed by atoms with E-state index in [1.165, 1.54) is 37.2 Å². The van der Waals surface area contributed by atoms with E-state index >= 15 is 0 Å². The van der Waals surface area contributed by atoms with E-state index in [0.717, 1.165) is 0 Å². The maximum Gasteiger partial charge on any atom is 0.101 e. The average Bonchev–Trinajstić information content (AvgIpc) is 2.72. The van der Waals surface area contributed by atoms with Gasteiger partial charge in [-0.25, -0.2) is 0 Å². The van der Waals surface area contributed by atoms with Crippen molar-refractivity contribution in [3.05, 3.63) is 24.3 Å². The lowest BCUT2D eigenvalue weighted by atomic mass is 10.4. The molecule has 0 radical (unpaired) electrons. The highest BCUT2D eigenvalue weighted by atomic mass is 31.2. The molecule has 4 heteroatoms. The van der Waals surface area contributed by atoms with Crippen molar-refractivity contribution in [2.24, 2.45) is 0 Å². The molecule has 0 saturated carbocycles. The summed E-state index contributed by atoms with van der Waals surface area (Å²) in [7, 11) is -1.68. The summed E-state index contributed by atoms with van der Waals surface area (Å²) in [5, 5.41) is 3.38. The lowest BCUT2D eigenvalue weighted by Gasteiger charge is -2.28. The minimum Gasteiger partial charge on any atom is -0.105 e. The normalized spacial score (nSPS) is 23.8. The second kappa shape index (κ2) is 8.59. The molecule has 148 valence electrons. The molecule has 0 aliphatic carbocycles. The average molecular weight is 430 g/mol. The Bertz CT molecular complexity index is 734. The summed E-state index contributed by atoms with van der Waals surface area (Å²) in [6.45, 7) is 18.3. The first-order valence-corrected chi connectivity index (χ1v) is 21.3. The van der Waals surface area contributed by atoms with Gasteiger partial charge >= 0.3 is 0 Å². The van der Waals surface area contributed by atoms with Crippen LogP contribution in [0.1, 0.15) is 13.3 Å². The fraction of sp³-hybridized carbons (Fsp3) is 0.636. The fourth-order valence-electron chi connectivity index (χ4n) is 3.83. The molecule has 0 bridgehead atoms. The van der Waals surface area contributed by atoms with Crippen LogP contribution in [0.4, 0.5) is 0 Å². The number of benzene rings is 1. The Hall–Kier alpha value is 0.680. The van der Waals surface area contributed by atoms with Crippen LogP contribution in [0.3, 0.4) is 0 Å². The number of hydrogen-bond acceptors (Lipinski definition) is 0. The first-order chi connectivity index (χ1) is 11.9. The molecule has 1 aliphatic heterocycles. The lowest BCUT2D eigenvalue weighted by molar-refractivity contribution is 1.31. The van der Waals surface area contributed by atoms with Gasteiger partial charge in [0.05, 0.1) is 31.8 Å². The van der Waals surface area contributed by atoms with Crippen LogP contribution < -0.4 is 10.6 Å². The van der Waals surface area contributed by atoms with Gasteiger partial charge in [0.25, 0.3) is 0 Å². The van der Waals surface area contributed by atoms with E-state index in [0.29, 0.717) is 0 Å². The number of rotatable bonds is 5. The highest BCUT2D eigenvalue weighted by Crippen LogP contribution is 2.60. The molecular formula is C22H42P4+2. The van der Waals surface area contributed by atoms with E-state index in [9.17, 15) is 0 Å². The first kappa shape index (κ1) is 23.0. The summed E-state index contributed by atoms with van der Waals surface area (Å²) in [6.07, 6.45) is 8.87. The van der Waals surface area contributed by atoms with Crippen molar-refractivity contribution in [2.45, 2.75) is 13.3 Å². The van der Waals surface area contributed by atoms with E-state index in [2.05, 4.69) is 89.4 Å². The van der Waals surface area contributed by atoms with Crippen molar-refractivity contribution >= 4 is 50.5 Å². The van der Waals surface area contributed by atoms with Gasteiger partial charge in [0.15, 0.2) is 0 Å². The van der Waals surface area contributed by atoms with E-state index in [-0.39, 0.29) is 0 Å². The zero-order chi connectivity index (χ0) is 19.6. The third kappa shape index (κ3) is 5.84. The fourth-order valence-corrected chi connectivity index (χ4v) is 18.7. The summed E-state index contributed by atoms with van der Waals surface area (Å²) >= 11 is 0. The van der Waals surface area contributed by atoms with E-state index in [4.69, 9.17) is 0 Å². The second-order valence-electron chi connectivity index (χ2n) is 9.98. The van der Waals surface area contributed by atoms with Crippen molar-refractivity contribution in [1.29, 1.82) is 0 Å². The van der Waals surface area contributed by atoms with Gasteiger partial charge in [0, 0.05) is 45.5 Å². The SMILES string of the molecule is CC=P(C)(C)c1ccccc1[P+](C)(C)CCP1(C)=CCC[P+](C)(C)CC1. The standard InChI is InChI=1S/C22H42P4/c1-9-24(4,5)21-13-10-11-14-22(21)25(6,7)18-20-26(8)16-12-15-23(2,3)17-19-26/h9-11,13-14,16H,12,15,17-20H2,1-8H3/q+2. The zero-order valence-electron chi connectivity index (χ0n) is 18.5. The Balaban J connectivity index is 2.24. The highest BCUT2D eigenvalue weighted by Gasteiger charge is 2.35. The summed E-state index contributed by atoms with van der Waals surface area (Å²) in [5.74, 6) is 5.29. The molecule has 1 unspecified atom stereocenters. The van der Waals surface area contributed by atoms with Gasteiger partial charge in [-0.15, -0.1) is 6.89 Å². The molecule has 1 aromatic carbocycles. The highest BCUT2D eigenvalue weighted by molar-refractivity contribution is 7.87. The van der Waals surface area contributed by atoms with Gasteiger partial charge in [-0.2, -0.15) is 0 Å². The van der Waals surface area contributed by atoms with Crippen molar-refractivity contribution in [3.8, 4) is 0 Å². The summed E-state index contributed by atoms with van der Waals surface area (Å²) in [4.78, 5) is 0. The van der Waals surface area contributed by atoms with Gasteiger partial charge in [0.1, 0.15) is 5.30 Å². The molecule has 1 atom stereocenters. The molecule has 2 rings (SSSR count). The third-order valence-corrected chi connectivity index (χ3v) is 19.9. The molecule has 26 heavy (non-hydrogen) atoms. The smallest absolute Gasteiger partial charge is 0.101 e. The quantitative estimate of drug-likeness (QED) is 0.546. The van der Waals surface area contributed by atoms with Crippen LogP contribution in [0.2, 0.25) is 0 Å². The van der Waals surface area contributed by atoms with Crippen molar-refractivity contribution in [1.82, 2.24) is 0 Å². The molecule has 0 saturated heterocycles. The third-order valence-electron chi connectivity index (χ3n) is 6.49. The molecule has 0 nitrogen and oxygen atoms in total. The lowest BCUT2D eigenvalue weighted by Crippen LogP contribution is -2.29. The van der Waals surface area contributed by atoms with E-state index in [1.807, 2.05) is 0 Å². The summed E-state index contributed by atoms with van der Waals surface area (Å²) < 4.78 is 0. The second-order valence-corrected chi connectivity index (χ2v) is 27.3. The van der Waals surface area contributed by atoms with Crippen LogP contribution in [0.25, 0.3) is 0 Å². The van der Waals surface area contributed by atoms with Crippen molar-refractivity contribution < 1.29 is 0 Å². The predicted molar refractivity (Wildman–Crippen MR) is 142 cm³/mol. The maximum atomic E-state index is 2.81. The van der Waals surface area contributed by atoms with Crippen LogP contribution in [0.15, 0.2) is 24.3 Å². The van der Waals surface area contributed by atoms with Crippen LogP contribution >= 0.6 is 28.3 Å². The van der Waals surface area contributed by atoms with Gasteiger partial charge in [0.2, 0.25) is 0 Å². The topological polar surface area (TPSA) is 0 Å². The Morgan fingerprint density at radius 2 is 1.81 bits per heavy atom. The minimum atomic E-state index is -1.10. The van der Waals surface area contributed by atoms with Gasteiger partial charge < -0.3 is 0 Å². The maximum absolute atomic E-state index is 2.81. The van der Waals surface area contributed by atoms with Crippen molar-refractivity contribution in [3.63, 3.8) is 0 Å². The Morgan fingerprint density at radius 1 is 1.15 bits per heavy atom. The predicted octanol–water partition coefficient (Wildman–Crippen LogP) is 5.44. The Labute approximate surface area is 165 Å². The largest absolute Gasteiger partial charge is 0.105 e. The molecular weight excluding hydrogens is 388 g/mol. The molecule has 1 aromatic rings. The molecule has 1 aliphatic rings. The van der Waals surface area contributed by atoms with Gasteiger partial charge in [-0.1, -0.05) is 36.7 Å². The van der Waals surface area contributed by atoms with E-state index in [1.54, 1.807) is 10.6 Å². The molecule has 0 spiro atoms. The van der Waals surface area contributed by atoms with E-state index < -0.39 is 28.3 Å². The Morgan fingerprint density at radius 3 is 2.46 bits per heavy atom. The number of hydrogen-bond donors (Lipinski definition) is 0. The molecule has 0 N–H and O–H groups in total. The monoisotopic (exact) mass is 430 g/mol. The Kier molecular flexibility index (Phi) is 7.58. The first-order valence-electron chi connectivity index (χ1n) is 9.99.